The van der Waals surface area contributed by atoms with E-state index in [-0.39, 0.29) is 5.48 Å². The van der Waals surface area contributed by atoms with E-state index in [0.29, 0.717) is 6.04 Å². The maximum atomic E-state index is 9.10. The van der Waals surface area contributed by atoms with E-state index in [0.717, 1.165) is 81.5 Å². The Hall–Kier alpha value is -3.25. The molecule has 1 aliphatic rings. The van der Waals surface area contributed by atoms with Crippen molar-refractivity contribution in [3.05, 3.63) is 54.1 Å². The highest BCUT2D eigenvalue weighted by atomic mass is 32.1. The van der Waals surface area contributed by atoms with Crippen LogP contribution >= 0.6 is 11.3 Å². The summed E-state index contributed by atoms with van der Waals surface area (Å²) >= 11 is 1.64. The molecule has 5 N–H and O–H groups in total. The van der Waals surface area contributed by atoms with Gasteiger partial charge in [-0.15, -0.1) is 0 Å². The molecule has 0 spiro atoms. The third kappa shape index (κ3) is 11.2. The number of benzene rings is 2. The van der Waals surface area contributed by atoms with Crippen molar-refractivity contribution in [1.82, 2.24) is 14.8 Å². The third-order valence-electron chi connectivity index (χ3n) is 6.24. The Labute approximate surface area is 233 Å². The zero-order valence-corrected chi connectivity index (χ0v) is 23.5. The Morgan fingerprint density at radius 1 is 1.05 bits per heavy atom. The van der Waals surface area contributed by atoms with Crippen molar-refractivity contribution >= 4 is 39.2 Å². The Bertz CT molecular complexity index is 1140. The van der Waals surface area contributed by atoms with Crippen LogP contribution in [-0.4, -0.2) is 94.3 Å². The molecule has 0 saturated carbocycles. The Balaban J connectivity index is 0.000000687. The molecule has 1 aliphatic heterocycles. The summed E-state index contributed by atoms with van der Waals surface area (Å²) in [7, 11) is 0. The van der Waals surface area contributed by atoms with Crippen molar-refractivity contribution in [3.8, 4) is 5.19 Å². The number of unbranched alkanes of at least 4 members (excludes halogenated alkanes) is 1. The number of nitrogens with one attached hydrogen (secondary N) is 1. The Kier molecular flexibility index (Phi) is 13.7. The van der Waals surface area contributed by atoms with Crippen LogP contribution in [0.15, 0.2) is 48.5 Å². The van der Waals surface area contributed by atoms with Crippen LogP contribution in [-0.2, 0) is 16.0 Å². The lowest BCUT2D eigenvalue weighted by molar-refractivity contribution is -0.159. The Morgan fingerprint density at radius 2 is 1.72 bits per heavy atom. The van der Waals surface area contributed by atoms with Gasteiger partial charge in [0.05, 0.1) is 16.8 Å². The molecule has 0 bridgehead atoms. The summed E-state index contributed by atoms with van der Waals surface area (Å²) in [6.45, 7) is 12.0. The number of carboxylic acid groups (broad SMARTS) is 2. The number of nitrogens with zero attached hydrogens (tertiary/aromatic N) is 3. The number of hydrogen-bond donors (Lipinski definition) is 3. The fourth-order valence-corrected chi connectivity index (χ4v) is 5.08. The van der Waals surface area contributed by atoms with E-state index in [1.165, 1.54) is 10.3 Å². The first-order chi connectivity index (χ1) is 18.3. The maximum Gasteiger partial charge on any atom is 0.414 e. The highest BCUT2D eigenvalue weighted by Gasteiger charge is 2.18. The molecule has 2 aromatic carbocycles. The molecule has 1 atom stereocenters. The van der Waals surface area contributed by atoms with Crippen LogP contribution in [0, 0.1) is 0 Å². The highest BCUT2D eigenvalue weighted by molar-refractivity contribution is 7.20. The fourth-order valence-electron chi connectivity index (χ4n) is 4.20. The molecule has 1 unspecified atom stereocenters. The van der Waals surface area contributed by atoms with Gasteiger partial charge in [0.25, 0.3) is 5.19 Å². The van der Waals surface area contributed by atoms with E-state index in [2.05, 4.69) is 82.5 Å². The van der Waals surface area contributed by atoms with Crippen LogP contribution in [0.25, 0.3) is 10.2 Å². The third-order valence-corrected chi connectivity index (χ3v) is 7.18. The molecule has 1 saturated heterocycles. The topological polar surface area (TPSA) is 147 Å². The number of anilines is 1. The lowest BCUT2D eigenvalue weighted by atomic mass is 10.1. The number of hydrogen-bond acceptors (Lipinski definition) is 8. The molecule has 10 nitrogen and oxygen atoms in total. The second kappa shape index (κ2) is 16.7. The predicted octanol–water partition coefficient (Wildman–Crippen LogP) is 3.47. The number of ether oxygens (including phenoxy) is 1. The van der Waals surface area contributed by atoms with Crippen molar-refractivity contribution in [2.24, 2.45) is 0 Å². The molecule has 11 heteroatoms. The number of aromatic nitrogens is 1. The number of fused-ring (bicyclic) bond motifs is 1. The minimum atomic E-state index is -1.82. The van der Waals surface area contributed by atoms with Crippen molar-refractivity contribution < 1.29 is 30.0 Å². The van der Waals surface area contributed by atoms with Crippen LogP contribution in [0.5, 0.6) is 5.19 Å². The first kappa shape index (κ1) is 32.0. The molecule has 0 radical (unpaired) electrons. The molecule has 1 aromatic heterocycles. The van der Waals surface area contributed by atoms with Crippen molar-refractivity contribution in [2.45, 2.75) is 39.2 Å². The van der Waals surface area contributed by atoms with Gasteiger partial charge in [0, 0.05) is 51.0 Å². The summed E-state index contributed by atoms with van der Waals surface area (Å²) in [5.74, 6) is -3.65. The average molecular weight is 561 g/mol. The number of aliphatic carboxylic acids is 2. The molecule has 4 rings (SSSR count). The molecule has 0 aliphatic carbocycles. The van der Waals surface area contributed by atoms with Gasteiger partial charge in [-0.1, -0.05) is 55.0 Å². The van der Waals surface area contributed by atoms with Gasteiger partial charge in [-0.05, 0) is 43.5 Å². The highest BCUT2D eigenvalue weighted by Crippen LogP contribution is 2.30. The molecule has 39 heavy (non-hydrogen) atoms. The molecule has 214 valence electrons. The second-order valence-corrected chi connectivity index (χ2v) is 10.4. The van der Waals surface area contributed by atoms with Crippen LogP contribution in [0.4, 0.5) is 5.69 Å². The van der Waals surface area contributed by atoms with Gasteiger partial charge in [0.15, 0.2) is 0 Å². The normalized spacial score (nSPS) is 14.5. The van der Waals surface area contributed by atoms with Gasteiger partial charge in [-0.25, -0.2) is 14.6 Å². The number of thiazole rings is 1. The molecular formula is C28H40N4O6S. The maximum absolute atomic E-state index is 9.10. The minimum Gasteiger partial charge on any atom is -0.473 e. The second-order valence-electron chi connectivity index (χ2n) is 9.40. The molecule has 2 heterocycles. The van der Waals surface area contributed by atoms with E-state index in [4.69, 9.17) is 24.5 Å². The van der Waals surface area contributed by atoms with Crippen molar-refractivity contribution in [3.63, 3.8) is 0 Å². The SMILES string of the molecule is CCCCOc1nc2ccc(NC(C)CN3CCN(CCc4ccccc4)CC3)cc2s1.O.O=C(O)C(=O)O. The molecule has 0 amide bonds. The predicted molar refractivity (Wildman–Crippen MR) is 155 cm³/mol. The number of rotatable bonds is 11. The van der Waals surface area contributed by atoms with Gasteiger partial charge in [0.1, 0.15) is 0 Å². The van der Waals surface area contributed by atoms with Crippen molar-refractivity contribution in [2.75, 3.05) is 51.2 Å². The van der Waals surface area contributed by atoms with Gasteiger partial charge in [0.2, 0.25) is 0 Å². The van der Waals surface area contributed by atoms with Gasteiger partial charge < -0.3 is 30.6 Å². The van der Waals surface area contributed by atoms with Gasteiger partial charge in [-0.2, -0.15) is 0 Å². The smallest absolute Gasteiger partial charge is 0.414 e. The van der Waals surface area contributed by atoms with E-state index in [9.17, 15) is 0 Å². The average Bonchev–Trinajstić information content (AvgIpc) is 3.31. The van der Waals surface area contributed by atoms with E-state index in [1.807, 2.05) is 0 Å². The van der Waals surface area contributed by atoms with Crippen molar-refractivity contribution in [1.29, 1.82) is 0 Å². The van der Waals surface area contributed by atoms with Gasteiger partial charge in [-0.3, -0.25) is 4.90 Å². The summed E-state index contributed by atoms with van der Waals surface area (Å²) in [5, 5.41) is 19.2. The first-order valence-electron chi connectivity index (χ1n) is 13.1. The summed E-state index contributed by atoms with van der Waals surface area (Å²) in [6, 6.07) is 17.7. The van der Waals surface area contributed by atoms with Crippen LogP contribution in [0.3, 0.4) is 0 Å². The van der Waals surface area contributed by atoms with E-state index >= 15 is 0 Å². The van der Waals surface area contributed by atoms with Crippen LogP contribution < -0.4 is 10.1 Å². The quantitative estimate of drug-likeness (QED) is 0.237. The van der Waals surface area contributed by atoms with E-state index < -0.39 is 11.9 Å². The summed E-state index contributed by atoms with van der Waals surface area (Å²) < 4.78 is 6.96. The molecule has 3 aromatic rings. The van der Waals surface area contributed by atoms with Gasteiger partial charge >= 0.3 is 11.9 Å². The number of carbonyl (C=O) groups is 2. The zero-order valence-electron chi connectivity index (χ0n) is 22.6. The van der Waals surface area contributed by atoms with E-state index in [1.54, 1.807) is 11.3 Å². The van der Waals surface area contributed by atoms with Crippen LogP contribution in [0.1, 0.15) is 32.3 Å². The standard InChI is InChI=1S/C26H36N4OS.C2H2O4.H2O/c1-3-4-18-31-26-28-24-11-10-23(19-25(24)32-26)27-21(2)20-30-16-14-29(15-17-30)13-12-22-8-6-5-7-9-22;3-1(4)2(5)6;/h5-11,19,21,27H,3-4,12-18,20H2,1-2H3;(H,3,4)(H,5,6);1H2. The summed E-state index contributed by atoms with van der Waals surface area (Å²) in [6.07, 6.45) is 3.35. The Morgan fingerprint density at radius 3 is 2.36 bits per heavy atom. The molecule has 1 fully saturated rings. The summed E-state index contributed by atoms with van der Waals surface area (Å²) in [4.78, 5) is 28.0. The summed E-state index contributed by atoms with van der Waals surface area (Å²) in [5.41, 5.74) is 3.62. The zero-order chi connectivity index (χ0) is 27.3. The minimum absolute atomic E-state index is 0. The molecular weight excluding hydrogens is 520 g/mol. The lowest BCUT2D eigenvalue weighted by Crippen LogP contribution is -2.49. The largest absolute Gasteiger partial charge is 0.473 e. The number of carboxylic acids is 2. The fraction of sp³-hybridized carbons (Fsp3) is 0.464. The lowest BCUT2D eigenvalue weighted by Gasteiger charge is -2.36. The first-order valence-corrected chi connectivity index (χ1v) is 13.9. The monoisotopic (exact) mass is 560 g/mol. The number of piperazine rings is 1. The van der Waals surface area contributed by atoms with Crippen LogP contribution in [0.2, 0.25) is 0 Å².